The maximum Gasteiger partial charge on any atom is 0.161 e. The van der Waals surface area contributed by atoms with Crippen LogP contribution >= 0.6 is 0 Å². The monoisotopic (exact) mass is 338 g/mol. The third-order valence-electron chi connectivity index (χ3n) is 3.99. The van der Waals surface area contributed by atoms with Crippen LogP contribution in [0.5, 0.6) is 11.5 Å². The molecule has 1 atom stereocenters. The molecule has 0 aliphatic heterocycles. The van der Waals surface area contributed by atoms with Gasteiger partial charge in [0.05, 0.1) is 13.7 Å². The van der Waals surface area contributed by atoms with Gasteiger partial charge in [-0.05, 0) is 30.2 Å². The van der Waals surface area contributed by atoms with E-state index in [9.17, 15) is 5.11 Å². The first kappa shape index (κ1) is 17.0. The lowest BCUT2D eigenvalue weighted by Gasteiger charge is -2.16. The Morgan fingerprint density at radius 1 is 1.12 bits per heavy atom. The van der Waals surface area contributed by atoms with E-state index in [1.807, 2.05) is 48.0 Å². The van der Waals surface area contributed by atoms with Crippen LogP contribution in [0.15, 0.2) is 60.9 Å². The number of rotatable bonds is 7. The molecular formula is C20H22N2O3. The first-order chi connectivity index (χ1) is 12.2. The second-order valence-electron chi connectivity index (χ2n) is 5.64. The van der Waals surface area contributed by atoms with Crippen molar-refractivity contribution in [1.82, 2.24) is 9.55 Å². The standard InChI is InChI=1S/C20H22N2O3/c1-3-25-17-10-9-16(13-18(17)24-2)19(23)20-21-11-12-22(20)14-15-7-5-4-6-8-15/h4-13,19,23H,3,14H2,1-2H3/t19-/m0/s1. The van der Waals surface area contributed by atoms with Gasteiger partial charge in [-0.1, -0.05) is 36.4 Å². The number of aliphatic hydroxyl groups is 1. The summed E-state index contributed by atoms with van der Waals surface area (Å²) in [4.78, 5) is 4.34. The average molecular weight is 338 g/mol. The fraction of sp³-hybridized carbons (Fsp3) is 0.250. The molecule has 3 rings (SSSR count). The summed E-state index contributed by atoms with van der Waals surface area (Å²) in [5.41, 5.74) is 1.86. The van der Waals surface area contributed by atoms with Crippen LogP contribution in [0.3, 0.4) is 0 Å². The van der Waals surface area contributed by atoms with Crippen LogP contribution in [-0.2, 0) is 6.54 Å². The normalized spacial score (nSPS) is 12.0. The van der Waals surface area contributed by atoms with Crippen LogP contribution in [0.1, 0.15) is 30.0 Å². The molecule has 1 heterocycles. The second-order valence-corrected chi connectivity index (χ2v) is 5.64. The molecule has 5 nitrogen and oxygen atoms in total. The summed E-state index contributed by atoms with van der Waals surface area (Å²) >= 11 is 0. The molecule has 0 bridgehead atoms. The van der Waals surface area contributed by atoms with Crippen LogP contribution in [-0.4, -0.2) is 28.4 Å². The van der Waals surface area contributed by atoms with Crippen molar-refractivity contribution >= 4 is 0 Å². The minimum Gasteiger partial charge on any atom is -0.493 e. The molecule has 25 heavy (non-hydrogen) atoms. The summed E-state index contributed by atoms with van der Waals surface area (Å²) in [5, 5.41) is 10.8. The SMILES string of the molecule is CCOc1ccc([C@H](O)c2nccn2Cc2ccccc2)cc1OC. The fourth-order valence-electron chi connectivity index (χ4n) is 2.76. The van der Waals surface area contributed by atoms with E-state index in [2.05, 4.69) is 17.1 Å². The highest BCUT2D eigenvalue weighted by Gasteiger charge is 2.18. The quantitative estimate of drug-likeness (QED) is 0.717. The number of aliphatic hydroxyl groups excluding tert-OH is 1. The Kier molecular flexibility index (Phi) is 5.36. The summed E-state index contributed by atoms with van der Waals surface area (Å²) in [7, 11) is 1.59. The lowest BCUT2D eigenvalue weighted by Crippen LogP contribution is -2.11. The van der Waals surface area contributed by atoms with E-state index in [0.29, 0.717) is 36.0 Å². The molecular weight excluding hydrogens is 316 g/mol. The number of methoxy groups -OCH3 is 1. The van der Waals surface area contributed by atoms with Crippen molar-refractivity contribution in [3.8, 4) is 11.5 Å². The van der Waals surface area contributed by atoms with Crippen molar-refractivity contribution in [3.63, 3.8) is 0 Å². The average Bonchev–Trinajstić information content (AvgIpc) is 3.10. The van der Waals surface area contributed by atoms with E-state index in [-0.39, 0.29) is 0 Å². The Labute approximate surface area is 147 Å². The smallest absolute Gasteiger partial charge is 0.161 e. The molecule has 0 spiro atoms. The van der Waals surface area contributed by atoms with Crippen LogP contribution < -0.4 is 9.47 Å². The van der Waals surface area contributed by atoms with E-state index in [4.69, 9.17) is 9.47 Å². The van der Waals surface area contributed by atoms with Gasteiger partial charge in [0, 0.05) is 18.9 Å². The van der Waals surface area contributed by atoms with Gasteiger partial charge in [0.1, 0.15) is 11.9 Å². The first-order valence-corrected chi connectivity index (χ1v) is 8.26. The third-order valence-corrected chi connectivity index (χ3v) is 3.99. The van der Waals surface area contributed by atoms with Crippen molar-refractivity contribution < 1.29 is 14.6 Å². The Hall–Kier alpha value is -2.79. The Bertz CT molecular complexity index is 815. The van der Waals surface area contributed by atoms with E-state index in [1.165, 1.54) is 0 Å². The molecule has 1 aromatic heterocycles. The number of imidazole rings is 1. The summed E-state index contributed by atoms with van der Waals surface area (Å²) in [5.74, 6) is 1.85. The molecule has 0 amide bonds. The third kappa shape index (κ3) is 3.83. The zero-order valence-corrected chi connectivity index (χ0v) is 14.4. The molecule has 5 heteroatoms. The van der Waals surface area contributed by atoms with E-state index in [0.717, 1.165) is 5.56 Å². The molecule has 0 fully saturated rings. The van der Waals surface area contributed by atoms with Crippen molar-refractivity contribution in [2.75, 3.05) is 13.7 Å². The molecule has 3 aromatic rings. The highest BCUT2D eigenvalue weighted by atomic mass is 16.5. The van der Waals surface area contributed by atoms with E-state index >= 15 is 0 Å². The number of ether oxygens (including phenoxy) is 2. The van der Waals surface area contributed by atoms with E-state index in [1.54, 1.807) is 19.4 Å². The van der Waals surface area contributed by atoms with Gasteiger partial charge in [0.2, 0.25) is 0 Å². The Morgan fingerprint density at radius 2 is 1.92 bits per heavy atom. The fourth-order valence-corrected chi connectivity index (χ4v) is 2.76. The zero-order chi connectivity index (χ0) is 17.6. The molecule has 0 saturated heterocycles. The largest absolute Gasteiger partial charge is 0.493 e. The number of benzene rings is 2. The van der Waals surface area contributed by atoms with Gasteiger partial charge in [-0.15, -0.1) is 0 Å². The van der Waals surface area contributed by atoms with Gasteiger partial charge in [-0.2, -0.15) is 0 Å². The minimum atomic E-state index is -0.844. The summed E-state index contributed by atoms with van der Waals surface area (Å²) in [6.07, 6.45) is 2.73. The van der Waals surface area contributed by atoms with Crippen molar-refractivity contribution in [1.29, 1.82) is 0 Å². The first-order valence-electron chi connectivity index (χ1n) is 8.26. The molecule has 130 valence electrons. The lowest BCUT2D eigenvalue weighted by atomic mass is 10.1. The second kappa shape index (κ2) is 7.85. The summed E-state index contributed by atoms with van der Waals surface area (Å²) in [6, 6.07) is 15.5. The Morgan fingerprint density at radius 3 is 2.64 bits per heavy atom. The van der Waals surface area contributed by atoms with Gasteiger partial charge in [-0.3, -0.25) is 0 Å². The highest BCUT2D eigenvalue weighted by molar-refractivity contribution is 5.44. The number of hydrogen-bond donors (Lipinski definition) is 1. The zero-order valence-electron chi connectivity index (χ0n) is 14.4. The van der Waals surface area contributed by atoms with Gasteiger partial charge in [-0.25, -0.2) is 4.98 Å². The van der Waals surface area contributed by atoms with Crippen LogP contribution in [0, 0.1) is 0 Å². The van der Waals surface area contributed by atoms with Crippen LogP contribution in [0.25, 0.3) is 0 Å². The van der Waals surface area contributed by atoms with Gasteiger partial charge in [0.25, 0.3) is 0 Å². The number of hydrogen-bond acceptors (Lipinski definition) is 4. The molecule has 0 aliphatic carbocycles. The van der Waals surface area contributed by atoms with Crippen molar-refractivity contribution in [2.24, 2.45) is 0 Å². The van der Waals surface area contributed by atoms with Crippen LogP contribution in [0.4, 0.5) is 0 Å². The van der Waals surface area contributed by atoms with Gasteiger partial charge >= 0.3 is 0 Å². The summed E-state index contributed by atoms with van der Waals surface area (Å²) < 4.78 is 12.8. The van der Waals surface area contributed by atoms with Crippen molar-refractivity contribution in [2.45, 2.75) is 19.6 Å². The molecule has 2 aromatic carbocycles. The van der Waals surface area contributed by atoms with E-state index < -0.39 is 6.10 Å². The van der Waals surface area contributed by atoms with Crippen molar-refractivity contribution in [3.05, 3.63) is 77.9 Å². The number of aromatic nitrogens is 2. The van der Waals surface area contributed by atoms with Gasteiger partial charge in [0.15, 0.2) is 11.5 Å². The maximum absolute atomic E-state index is 10.8. The topological polar surface area (TPSA) is 56.5 Å². The maximum atomic E-state index is 10.8. The molecule has 0 saturated carbocycles. The molecule has 0 aliphatic rings. The predicted molar refractivity (Wildman–Crippen MR) is 96.0 cm³/mol. The molecule has 0 radical (unpaired) electrons. The molecule has 1 N–H and O–H groups in total. The predicted octanol–water partition coefficient (Wildman–Crippen LogP) is 3.42. The lowest BCUT2D eigenvalue weighted by molar-refractivity contribution is 0.204. The number of nitrogens with zero attached hydrogens (tertiary/aromatic N) is 2. The highest BCUT2D eigenvalue weighted by Crippen LogP contribution is 2.32. The Balaban J connectivity index is 1.86. The minimum absolute atomic E-state index is 0.555. The van der Waals surface area contributed by atoms with Gasteiger partial charge < -0.3 is 19.1 Å². The van der Waals surface area contributed by atoms with Crippen LogP contribution in [0.2, 0.25) is 0 Å². The molecule has 0 unspecified atom stereocenters. The summed E-state index contributed by atoms with van der Waals surface area (Å²) in [6.45, 7) is 3.13.